The third-order valence-corrected chi connectivity index (χ3v) is 3.43. The summed E-state index contributed by atoms with van der Waals surface area (Å²) in [5.74, 6) is 1.35. The molecule has 116 valence electrons. The van der Waals surface area contributed by atoms with Crippen LogP contribution in [0.1, 0.15) is 16.7 Å². The molecule has 0 aliphatic heterocycles. The van der Waals surface area contributed by atoms with Gasteiger partial charge in [0.25, 0.3) is 0 Å². The minimum absolute atomic E-state index is 0.481. The van der Waals surface area contributed by atoms with Gasteiger partial charge in [0, 0.05) is 6.54 Å². The first kappa shape index (κ1) is 15.9. The minimum atomic E-state index is 0.481. The fourth-order valence-electron chi connectivity index (χ4n) is 2.05. The van der Waals surface area contributed by atoms with Crippen molar-refractivity contribution >= 4 is 5.96 Å². The molecule has 4 heteroatoms. The number of hydrogen-bond acceptors (Lipinski definition) is 2. The van der Waals surface area contributed by atoms with Gasteiger partial charge in [0.2, 0.25) is 0 Å². The van der Waals surface area contributed by atoms with E-state index in [2.05, 4.69) is 53.6 Å². The Bertz CT molecular complexity index is 603. The number of benzene rings is 2. The van der Waals surface area contributed by atoms with E-state index >= 15 is 0 Å². The fourth-order valence-corrected chi connectivity index (χ4v) is 2.05. The highest BCUT2D eigenvalue weighted by Crippen LogP contribution is 2.11. The van der Waals surface area contributed by atoms with Crippen LogP contribution in [0.5, 0.6) is 5.75 Å². The predicted molar refractivity (Wildman–Crippen MR) is 91.2 cm³/mol. The van der Waals surface area contributed by atoms with Gasteiger partial charge in [-0.1, -0.05) is 42.0 Å². The molecule has 4 nitrogen and oxygen atoms in total. The maximum atomic E-state index is 5.88. The number of guanidine groups is 1. The van der Waals surface area contributed by atoms with E-state index in [0.29, 0.717) is 12.5 Å². The van der Waals surface area contributed by atoms with Gasteiger partial charge in [-0.2, -0.15) is 0 Å². The lowest BCUT2D eigenvalue weighted by Gasteiger charge is -2.07. The second-order valence-electron chi connectivity index (χ2n) is 5.21. The summed E-state index contributed by atoms with van der Waals surface area (Å²) in [6, 6.07) is 16.3. The van der Waals surface area contributed by atoms with E-state index < -0.39 is 0 Å². The van der Waals surface area contributed by atoms with Crippen LogP contribution in [0.4, 0.5) is 0 Å². The zero-order valence-corrected chi connectivity index (χ0v) is 13.2. The van der Waals surface area contributed by atoms with E-state index in [1.807, 2.05) is 12.1 Å². The van der Waals surface area contributed by atoms with Crippen molar-refractivity contribution in [1.29, 1.82) is 0 Å². The predicted octanol–water partition coefficient (Wildman–Crippen LogP) is 2.65. The molecule has 0 atom stereocenters. The molecule has 0 aliphatic rings. The number of aliphatic imine (C=N–C) groups is 1. The quantitative estimate of drug-likeness (QED) is 0.636. The van der Waals surface area contributed by atoms with Gasteiger partial charge in [-0.05, 0) is 36.6 Å². The van der Waals surface area contributed by atoms with Crippen molar-refractivity contribution in [3.8, 4) is 5.75 Å². The van der Waals surface area contributed by atoms with Crippen molar-refractivity contribution in [1.82, 2.24) is 5.32 Å². The van der Waals surface area contributed by atoms with Gasteiger partial charge in [0.15, 0.2) is 5.96 Å². The zero-order chi connectivity index (χ0) is 15.8. The van der Waals surface area contributed by atoms with Crippen LogP contribution in [0.3, 0.4) is 0 Å². The summed E-state index contributed by atoms with van der Waals surface area (Å²) in [5, 5.41) is 3.14. The molecule has 2 aromatic rings. The van der Waals surface area contributed by atoms with E-state index in [-0.39, 0.29) is 0 Å². The van der Waals surface area contributed by atoms with Crippen LogP contribution >= 0.6 is 0 Å². The zero-order valence-electron chi connectivity index (χ0n) is 13.2. The summed E-state index contributed by atoms with van der Waals surface area (Å²) in [7, 11) is 1.67. The minimum Gasteiger partial charge on any atom is -0.497 e. The van der Waals surface area contributed by atoms with Crippen molar-refractivity contribution in [3.63, 3.8) is 0 Å². The van der Waals surface area contributed by atoms with Crippen LogP contribution in [0.25, 0.3) is 0 Å². The molecule has 0 saturated carbocycles. The smallest absolute Gasteiger partial charge is 0.188 e. The SMILES string of the molecule is COc1ccc(CCNC(N)=NCc2ccc(C)cc2)cc1. The maximum Gasteiger partial charge on any atom is 0.188 e. The number of nitrogens with zero attached hydrogens (tertiary/aromatic N) is 1. The first-order valence-electron chi connectivity index (χ1n) is 7.39. The molecular formula is C18H23N3O. The number of nitrogens with one attached hydrogen (secondary N) is 1. The summed E-state index contributed by atoms with van der Waals surface area (Å²) < 4.78 is 5.14. The lowest BCUT2D eigenvalue weighted by atomic mass is 10.1. The van der Waals surface area contributed by atoms with Gasteiger partial charge in [0.1, 0.15) is 5.75 Å². The number of hydrogen-bond donors (Lipinski definition) is 2. The molecule has 0 radical (unpaired) electrons. The first-order valence-corrected chi connectivity index (χ1v) is 7.39. The maximum absolute atomic E-state index is 5.88. The van der Waals surface area contributed by atoms with E-state index in [1.54, 1.807) is 7.11 Å². The van der Waals surface area contributed by atoms with E-state index in [4.69, 9.17) is 10.5 Å². The lowest BCUT2D eigenvalue weighted by molar-refractivity contribution is 0.414. The molecule has 0 aliphatic carbocycles. The van der Waals surface area contributed by atoms with Gasteiger partial charge in [-0.15, -0.1) is 0 Å². The third kappa shape index (κ3) is 5.13. The van der Waals surface area contributed by atoms with Crippen LogP contribution in [-0.2, 0) is 13.0 Å². The van der Waals surface area contributed by atoms with Crippen LogP contribution in [0, 0.1) is 6.92 Å². The Morgan fingerprint density at radius 1 is 1.05 bits per heavy atom. The molecule has 2 rings (SSSR count). The molecule has 0 saturated heterocycles. The number of rotatable bonds is 6. The largest absolute Gasteiger partial charge is 0.497 e. The number of nitrogens with two attached hydrogens (primary N) is 1. The first-order chi connectivity index (χ1) is 10.7. The highest BCUT2D eigenvalue weighted by atomic mass is 16.5. The molecule has 0 heterocycles. The van der Waals surface area contributed by atoms with E-state index in [0.717, 1.165) is 24.3 Å². The molecule has 0 unspecified atom stereocenters. The molecule has 0 amide bonds. The topological polar surface area (TPSA) is 59.6 Å². The standard InChI is InChI=1S/C18H23N3O/c1-14-3-5-16(6-4-14)13-21-18(19)20-12-11-15-7-9-17(22-2)10-8-15/h3-10H,11-13H2,1-2H3,(H3,19,20,21). The van der Waals surface area contributed by atoms with Crippen molar-refractivity contribution in [2.75, 3.05) is 13.7 Å². The normalized spacial score (nSPS) is 11.3. The second kappa shape index (κ2) is 8.08. The number of ether oxygens (including phenoxy) is 1. The molecule has 22 heavy (non-hydrogen) atoms. The van der Waals surface area contributed by atoms with Crippen molar-refractivity contribution in [2.45, 2.75) is 19.9 Å². The van der Waals surface area contributed by atoms with E-state index in [1.165, 1.54) is 11.1 Å². The van der Waals surface area contributed by atoms with Crippen LogP contribution < -0.4 is 15.8 Å². The second-order valence-corrected chi connectivity index (χ2v) is 5.21. The van der Waals surface area contributed by atoms with Gasteiger partial charge in [0.05, 0.1) is 13.7 Å². The van der Waals surface area contributed by atoms with Crippen LogP contribution in [0.2, 0.25) is 0 Å². The fraction of sp³-hybridized carbons (Fsp3) is 0.278. The molecule has 0 aromatic heterocycles. The highest BCUT2D eigenvalue weighted by molar-refractivity contribution is 5.77. The Balaban J connectivity index is 1.75. The third-order valence-electron chi connectivity index (χ3n) is 3.43. The molecule has 0 bridgehead atoms. The van der Waals surface area contributed by atoms with Crippen molar-refractivity contribution in [3.05, 3.63) is 65.2 Å². The van der Waals surface area contributed by atoms with Crippen LogP contribution in [-0.4, -0.2) is 19.6 Å². The summed E-state index contributed by atoms with van der Waals surface area (Å²) in [4.78, 5) is 4.35. The van der Waals surface area contributed by atoms with Crippen LogP contribution in [0.15, 0.2) is 53.5 Å². The Morgan fingerprint density at radius 3 is 2.32 bits per heavy atom. The van der Waals surface area contributed by atoms with Crippen molar-refractivity contribution < 1.29 is 4.74 Å². The number of aryl methyl sites for hydroxylation is 1. The Kier molecular flexibility index (Phi) is 5.83. The monoisotopic (exact) mass is 297 g/mol. The average Bonchev–Trinajstić information content (AvgIpc) is 2.55. The Labute approximate surface area is 132 Å². The van der Waals surface area contributed by atoms with Gasteiger partial charge >= 0.3 is 0 Å². The molecular weight excluding hydrogens is 274 g/mol. The highest BCUT2D eigenvalue weighted by Gasteiger charge is 1.97. The molecule has 0 spiro atoms. The molecule has 0 fully saturated rings. The van der Waals surface area contributed by atoms with E-state index in [9.17, 15) is 0 Å². The summed E-state index contributed by atoms with van der Waals surface area (Å²) in [6.07, 6.45) is 0.894. The summed E-state index contributed by atoms with van der Waals surface area (Å²) >= 11 is 0. The Hall–Kier alpha value is -2.49. The van der Waals surface area contributed by atoms with Gasteiger partial charge < -0.3 is 15.8 Å². The van der Waals surface area contributed by atoms with Gasteiger partial charge in [-0.25, -0.2) is 4.99 Å². The lowest BCUT2D eigenvalue weighted by Crippen LogP contribution is -2.33. The number of methoxy groups -OCH3 is 1. The molecule has 2 aromatic carbocycles. The van der Waals surface area contributed by atoms with Crippen molar-refractivity contribution in [2.24, 2.45) is 10.7 Å². The summed E-state index contributed by atoms with van der Waals surface area (Å²) in [6.45, 7) is 3.43. The average molecular weight is 297 g/mol. The Morgan fingerprint density at radius 2 is 1.68 bits per heavy atom. The van der Waals surface area contributed by atoms with Gasteiger partial charge in [-0.3, -0.25) is 0 Å². The molecule has 3 N–H and O–H groups in total. The summed E-state index contributed by atoms with van der Waals surface area (Å²) in [5.41, 5.74) is 9.52.